The number of nitrogens with one attached hydrogen (secondary N) is 1. The Labute approximate surface area is 181 Å². The van der Waals surface area contributed by atoms with Gasteiger partial charge in [0.05, 0.1) is 0 Å². The molecule has 7 nitrogen and oxygen atoms in total. The van der Waals surface area contributed by atoms with Crippen molar-refractivity contribution in [3.8, 4) is 5.75 Å². The van der Waals surface area contributed by atoms with Gasteiger partial charge in [0.25, 0.3) is 5.78 Å². The first-order valence-electron chi connectivity index (χ1n) is 10.4. The third-order valence-corrected chi connectivity index (χ3v) is 4.94. The number of carbonyl (C=O) groups is 1. The number of hydrogen-bond acceptors (Lipinski definition) is 5. The largest absolute Gasteiger partial charge is 0.489 e. The first-order valence-corrected chi connectivity index (χ1v) is 10.4. The van der Waals surface area contributed by atoms with Crippen molar-refractivity contribution in [2.45, 2.75) is 32.3 Å². The van der Waals surface area contributed by atoms with Crippen LogP contribution in [0, 0.1) is 0 Å². The van der Waals surface area contributed by atoms with Crippen LogP contribution in [-0.2, 0) is 24.2 Å². The van der Waals surface area contributed by atoms with Crippen LogP contribution < -0.4 is 10.1 Å². The number of carbonyl (C=O) groups excluding carboxylic acids is 1. The van der Waals surface area contributed by atoms with Gasteiger partial charge in [-0.3, -0.25) is 4.79 Å². The number of fused-ring (bicyclic) bond motifs is 1. The average molecular weight is 415 g/mol. The topological polar surface area (TPSA) is 81.4 Å². The summed E-state index contributed by atoms with van der Waals surface area (Å²) in [7, 11) is 0. The van der Waals surface area contributed by atoms with Crippen molar-refractivity contribution in [1.82, 2.24) is 24.9 Å². The van der Waals surface area contributed by atoms with E-state index in [-0.39, 0.29) is 5.91 Å². The molecule has 158 valence electrons. The molecule has 31 heavy (non-hydrogen) atoms. The maximum atomic E-state index is 12.2. The fourth-order valence-electron chi connectivity index (χ4n) is 3.29. The van der Waals surface area contributed by atoms with Gasteiger partial charge in [0.15, 0.2) is 0 Å². The van der Waals surface area contributed by atoms with Crippen molar-refractivity contribution < 1.29 is 9.53 Å². The van der Waals surface area contributed by atoms with Crippen LogP contribution in [0.2, 0.25) is 0 Å². The number of hydrogen-bond donors (Lipinski definition) is 1. The summed E-state index contributed by atoms with van der Waals surface area (Å²) in [5.41, 5.74) is 3.29. The molecule has 2 heterocycles. The highest BCUT2D eigenvalue weighted by Gasteiger charge is 2.05. The molecule has 4 aromatic rings. The zero-order chi connectivity index (χ0) is 21.3. The molecular formula is C24H25N5O2. The highest BCUT2D eigenvalue weighted by atomic mass is 16.5. The van der Waals surface area contributed by atoms with E-state index in [1.54, 1.807) is 10.7 Å². The fourth-order valence-corrected chi connectivity index (χ4v) is 3.29. The van der Waals surface area contributed by atoms with Crippen LogP contribution in [0.15, 0.2) is 73.3 Å². The fraction of sp³-hybridized carbons (Fsp3) is 0.250. The van der Waals surface area contributed by atoms with Crippen LogP contribution in [0.25, 0.3) is 5.78 Å². The lowest BCUT2D eigenvalue weighted by Gasteiger charge is -2.09. The molecule has 7 heteroatoms. The smallest absolute Gasteiger partial charge is 0.252 e. The minimum absolute atomic E-state index is 0.0560. The molecule has 0 saturated heterocycles. The number of aromatic nitrogens is 4. The number of nitrogens with zero attached hydrogens (tertiary/aromatic N) is 4. The molecule has 2 aromatic carbocycles. The van der Waals surface area contributed by atoms with Crippen molar-refractivity contribution in [1.29, 1.82) is 0 Å². The van der Waals surface area contributed by atoms with E-state index >= 15 is 0 Å². The Hall–Kier alpha value is -3.74. The van der Waals surface area contributed by atoms with Crippen molar-refractivity contribution in [3.05, 3.63) is 90.0 Å². The summed E-state index contributed by atoms with van der Waals surface area (Å²) in [4.78, 5) is 20.5. The van der Waals surface area contributed by atoms with Gasteiger partial charge in [0.2, 0.25) is 5.91 Å². The Morgan fingerprint density at radius 3 is 2.74 bits per heavy atom. The van der Waals surface area contributed by atoms with E-state index in [0.717, 1.165) is 35.3 Å². The zero-order valence-corrected chi connectivity index (χ0v) is 17.3. The van der Waals surface area contributed by atoms with E-state index in [9.17, 15) is 4.79 Å². The van der Waals surface area contributed by atoms with E-state index < -0.39 is 0 Å². The van der Waals surface area contributed by atoms with Crippen LogP contribution in [0.3, 0.4) is 0 Å². The Balaban J connectivity index is 1.16. The van der Waals surface area contributed by atoms with Crippen molar-refractivity contribution >= 4 is 11.7 Å². The molecular weight excluding hydrogens is 390 g/mol. The van der Waals surface area contributed by atoms with E-state index in [1.807, 2.05) is 60.8 Å². The second-order valence-corrected chi connectivity index (χ2v) is 7.34. The van der Waals surface area contributed by atoms with E-state index in [2.05, 4.69) is 20.4 Å². The predicted molar refractivity (Wildman–Crippen MR) is 118 cm³/mol. The summed E-state index contributed by atoms with van der Waals surface area (Å²) in [6.07, 6.45) is 8.01. The SMILES string of the molecule is O=C(CCc1cccc(OCc2ccccc2)c1)NCCCc1cnc2ncnn2c1. The molecule has 0 atom stereocenters. The molecule has 4 rings (SSSR count). The number of rotatable bonds is 10. The molecule has 0 radical (unpaired) electrons. The van der Waals surface area contributed by atoms with Gasteiger partial charge in [-0.1, -0.05) is 42.5 Å². The molecule has 0 unspecified atom stereocenters. The first kappa shape index (κ1) is 20.5. The second kappa shape index (κ2) is 10.3. The van der Waals surface area contributed by atoms with Gasteiger partial charge in [-0.25, -0.2) is 9.50 Å². The molecule has 0 bridgehead atoms. The standard InChI is InChI=1S/C24H25N5O2/c30-23(25-13-5-9-21-15-26-24-27-18-28-29(24)16-21)12-11-19-8-4-10-22(14-19)31-17-20-6-2-1-3-7-20/h1-4,6-8,10,14-16,18H,5,9,11-13,17H2,(H,25,30). The van der Waals surface area contributed by atoms with Gasteiger partial charge < -0.3 is 10.1 Å². The summed E-state index contributed by atoms with van der Waals surface area (Å²) in [6, 6.07) is 18.0. The molecule has 0 fully saturated rings. The summed E-state index contributed by atoms with van der Waals surface area (Å²) < 4.78 is 7.53. The van der Waals surface area contributed by atoms with Gasteiger partial charge in [-0.15, -0.1) is 0 Å². The van der Waals surface area contributed by atoms with Crippen LogP contribution >= 0.6 is 0 Å². The maximum absolute atomic E-state index is 12.2. The Morgan fingerprint density at radius 2 is 1.84 bits per heavy atom. The van der Waals surface area contributed by atoms with Crippen molar-refractivity contribution in [3.63, 3.8) is 0 Å². The molecule has 0 aliphatic heterocycles. The van der Waals surface area contributed by atoms with Gasteiger partial charge >= 0.3 is 0 Å². The molecule has 1 amide bonds. The second-order valence-electron chi connectivity index (χ2n) is 7.34. The molecule has 0 aliphatic rings. The van der Waals surface area contributed by atoms with Crippen molar-refractivity contribution in [2.75, 3.05) is 6.54 Å². The van der Waals surface area contributed by atoms with E-state index in [4.69, 9.17) is 4.74 Å². The minimum Gasteiger partial charge on any atom is -0.489 e. The molecule has 0 aliphatic carbocycles. The van der Waals surface area contributed by atoms with Crippen LogP contribution in [0.5, 0.6) is 5.75 Å². The normalized spacial score (nSPS) is 10.8. The van der Waals surface area contributed by atoms with Crippen LogP contribution in [0.1, 0.15) is 29.5 Å². The van der Waals surface area contributed by atoms with Crippen LogP contribution in [0.4, 0.5) is 0 Å². The Bertz CT molecular complexity index is 1130. The quantitative estimate of drug-likeness (QED) is 0.402. The lowest BCUT2D eigenvalue weighted by Crippen LogP contribution is -2.25. The van der Waals surface area contributed by atoms with E-state index in [1.165, 1.54) is 6.33 Å². The number of ether oxygens (including phenoxy) is 1. The number of benzene rings is 2. The number of amides is 1. The minimum atomic E-state index is 0.0560. The maximum Gasteiger partial charge on any atom is 0.252 e. The lowest BCUT2D eigenvalue weighted by atomic mass is 10.1. The Morgan fingerprint density at radius 1 is 0.968 bits per heavy atom. The number of aryl methyl sites for hydroxylation is 2. The lowest BCUT2D eigenvalue weighted by molar-refractivity contribution is -0.121. The highest BCUT2D eigenvalue weighted by molar-refractivity contribution is 5.76. The van der Waals surface area contributed by atoms with E-state index in [0.29, 0.717) is 31.8 Å². The van der Waals surface area contributed by atoms with Gasteiger partial charge in [-0.2, -0.15) is 10.1 Å². The van der Waals surface area contributed by atoms with Gasteiger partial charge in [-0.05, 0) is 48.1 Å². The van der Waals surface area contributed by atoms with Gasteiger partial charge in [0.1, 0.15) is 18.7 Å². The molecule has 2 aromatic heterocycles. The predicted octanol–water partition coefficient (Wildman–Crippen LogP) is 3.38. The first-order chi connectivity index (χ1) is 15.3. The molecule has 1 N–H and O–H groups in total. The molecule has 0 saturated carbocycles. The van der Waals surface area contributed by atoms with Crippen molar-refractivity contribution in [2.24, 2.45) is 0 Å². The third kappa shape index (κ3) is 6.12. The summed E-state index contributed by atoms with van der Waals surface area (Å²) in [5.74, 6) is 1.46. The summed E-state index contributed by atoms with van der Waals surface area (Å²) in [6.45, 7) is 1.17. The summed E-state index contributed by atoms with van der Waals surface area (Å²) >= 11 is 0. The third-order valence-electron chi connectivity index (χ3n) is 4.94. The monoisotopic (exact) mass is 415 g/mol. The summed E-state index contributed by atoms with van der Waals surface area (Å²) in [5, 5.41) is 7.08. The van der Waals surface area contributed by atoms with Gasteiger partial charge in [0, 0.05) is 25.4 Å². The Kier molecular flexibility index (Phi) is 6.85. The zero-order valence-electron chi connectivity index (χ0n) is 17.3. The average Bonchev–Trinajstić information content (AvgIpc) is 3.28. The molecule has 0 spiro atoms. The van der Waals surface area contributed by atoms with Crippen LogP contribution in [-0.4, -0.2) is 32.0 Å². The highest BCUT2D eigenvalue weighted by Crippen LogP contribution is 2.16.